The minimum atomic E-state index is -0.182. The average Bonchev–Trinajstić information content (AvgIpc) is 2.71. The normalized spacial score (nSPS) is 12.7. The summed E-state index contributed by atoms with van der Waals surface area (Å²) in [5, 5.41) is 9.85. The molecule has 0 bridgehead atoms. The standard InChI is InChI=1S/C15H28N4O/c1-5-7-12-13(16)14(19-18-12)15(20)17-11(4)9-6-8-10(2)3/h10-11H,5-9,16H2,1-4H3,(H,17,20)(H,18,19). The van der Waals surface area contributed by atoms with Gasteiger partial charge in [-0.2, -0.15) is 5.10 Å². The van der Waals surface area contributed by atoms with E-state index in [0.717, 1.165) is 31.4 Å². The van der Waals surface area contributed by atoms with Gasteiger partial charge in [0.25, 0.3) is 5.91 Å². The van der Waals surface area contributed by atoms with Crippen molar-refractivity contribution in [2.75, 3.05) is 5.73 Å². The SMILES string of the molecule is CCCc1[nH]nc(C(=O)NC(C)CCCC(C)C)c1N. The Morgan fingerprint density at radius 2 is 2.05 bits per heavy atom. The number of carbonyl (C=O) groups excluding carboxylic acids is 1. The molecule has 1 amide bonds. The van der Waals surface area contributed by atoms with E-state index < -0.39 is 0 Å². The molecule has 0 aliphatic heterocycles. The van der Waals surface area contributed by atoms with Crippen molar-refractivity contribution in [3.63, 3.8) is 0 Å². The first-order chi connectivity index (χ1) is 9.45. The first kappa shape index (κ1) is 16.5. The molecule has 0 spiro atoms. The second kappa shape index (κ2) is 7.92. The monoisotopic (exact) mass is 280 g/mol. The van der Waals surface area contributed by atoms with Gasteiger partial charge < -0.3 is 11.1 Å². The minimum absolute atomic E-state index is 0.145. The van der Waals surface area contributed by atoms with E-state index in [4.69, 9.17) is 5.73 Å². The lowest BCUT2D eigenvalue weighted by Gasteiger charge is -2.13. The van der Waals surface area contributed by atoms with E-state index in [1.807, 2.05) is 6.92 Å². The fourth-order valence-corrected chi connectivity index (χ4v) is 2.20. The number of amides is 1. The predicted molar refractivity (Wildman–Crippen MR) is 82.6 cm³/mol. The van der Waals surface area contributed by atoms with Crippen LogP contribution in [-0.4, -0.2) is 22.1 Å². The molecule has 114 valence electrons. The van der Waals surface area contributed by atoms with Gasteiger partial charge in [0.1, 0.15) is 0 Å². The van der Waals surface area contributed by atoms with Crippen LogP contribution in [0.4, 0.5) is 5.69 Å². The molecule has 1 unspecified atom stereocenters. The van der Waals surface area contributed by atoms with Crippen molar-refractivity contribution in [3.8, 4) is 0 Å². The predicted octanol–water partition coefficient (Wildman–Crippen LogP) is 2.89. The van der Waals surface area contributed by atoms with Crippen molar-refractivity contribution < 1.29 is 4.79 Å². The summed E-state index contributed by atoms with van der Waals surface area (Å²) in [6.45, 7) is 8.51. The Morgan fingerprint density at radius 1 is 1.35 bits per heavy atom. The molecule has 0 aliphatic rings. The number of aromatic amines is 1. The fourth-order valence-electron chi connectivity index (χ4n) is 2.20. The average molecular weight is 280 g/mol. The number of nitrogen functional groups attached to an aromatic ring is 1. The van der Waals surface area contributed by atoms with Gasteiger partial charge >= 0.3 is 0 Å². The Bertz CT molecular complexity index is 426. The summed E-state index contributed by atoms with van der Waals surface area (Å²) in [7, 11) is 0. The number of nitrogens with two attached hydrogens (primary N) is 1. The van der Waals surface area contributed by atoms with Gasteiger partial charge in [0, 0.05) is 6.04 Å². The van der Waals surface area contributed by atoms with E-state index >= 15 is 0 Å². The highest BCUT2D eigenvalue weighted by atomic mass is 16.2. The summed E-state index contributed by atoms with van der Waals surface area (Å²) in [4.78, 5) is 12.1. The van der Waals surface area contributed by atoms with Gasteiger partial charge in [-0.05, 0) is 25.7 Å². The van der Waals surface area contributed by atoms with Gasteiger partial charge in [-0.1, -0.05) is 40.0 Å². The second-order valence-corrected chi connectivity index (χ2v) is 5.91. The van der Waals surface area contributed by atoms with Crippen LogP contribution in [0.2, 0.25) is 0 Å². The quantitative estimate of drug-likeness (QED) is 0.684. The number of anilines is 1. The van der Waals surface area contributed by atoms with Gasteiger partial charge in [-0.25, -0.2) is 0 Å². The zero-order valence-corrected chi connectivity index (χ0v) is 13.1. The molecule has 1 heterocycles. The highest BCUT2D eigenvalue weighted by Crippen LogP contribution is 2.16. The molecule has 0 saturated carbocycles. The molecule has 0 aliphatic carbocycles. The van der Waals surface area contributed by atoms with Crippen molar-refractivity contribution in [1.82, 2.24) is 15.5 Å². The van der Waals surface area contributed by atoms with Crippen LogP contribution in [0.3, 0.4) is 0 Å². The van der Waals surface area contributed by atoms with Crippen LogP contribution in [0.25, 0.3) is 0 Å². The van der Waals surface area contributed by atoms with Crippen molar-refractivity contribution in [3.05, 3.63) is 11.4 Å². The molecule has 5 heteroatoms. The van der Waals surface area contributed by atoms with E-state index in [1.54, 1.807) is 0 Å². The third-order valence-electron chi connectivity index (χ3n) is 3.39. The molecule has 5 nitrogen and oxygen atoms in total. The molecule has 1 aromatic rings. The van der Waals surface area contributed by atoms with E-state index in [-0.39, 0.29) is 11.9 Å². The van der Waals surface area contributed by atoms with E-state index in [2.05, 4.69) is 36.3 Å². The summed E-state index contributed by atoms with van der Waals surface area (Å²) in [5.41, 5.74) is 7.61. The Morgan fingerprint density at radius 3 is 2.65 bits per heavy atom. The molecule has 0 aromatic carbocycles. The van der Waals surface area contributed by atoms with Crippen molar-refractivity contribution >= 4 is 11.6 Å². The molecule has 0 saturated heterocycles. The molecule has 0 radical (unpaired) electrons. The third kappa shape index (κ3) is 4.87. The summed E-state index contributed by atoms with van der Waals surface area (Å²) >= 11 is 0. The van der Waals surface area contributed by atoms with Gasteiger partial charge in [0.2, 0.25) is 0 Å². The summed E-state index contributed by atoms with van der Waals surface area (Å²) in [5.74, 6) is 0.523. The number of H-pyrrole nitrogens is 1. The molecule has 4 N–H and O–H groups in total. The van der Waals surface area contributed by atoms with Crippen LogP contribution in [0.15, 0.2) is 0 Å². The summed E-state index contributed by atoms with van der Waals surface area (Å²) in [6.07, 6.45) is 5.08. The maximum atomic E-state index is 12.1. The Balaban J connectivity index is 2.49. The van der Waals surface area contributed by atoms with Crippen molar-refractivity contribution in [2.45, 2.75) is 65.8 Å². The number of nitrogens with one attached hydrogen (secondary N) is 2. The topological polar surface area (TPSA) is 83.8 Å². The first-order valence-electron chi connectivity index (χ1n) is 7.59. The van der Waals surface area contributed by atoms with Crippen LogP contribution >= 0.6 is 0 Å². The lowest BCUT2D eigenvalue weighted by molar-refractivity contribution is 0.0933. The third-order valence-corrected chi connectivity index (χ3v) is 3.39. The number of rotatable bonds is 8. The number of aromatic nitrogens is 2. The number of aryl methyl sites for hydroxylation is 1. The molecule has 0 fully saturated rings. The van der Waals surface area contributed by atoms with Gasteiger partial charge in [-0.3, -0.25) is 9.89 Å². The lowest BCUT2D eigenvalue weighted by atomic mass is 10.0. The van der Waals surface area contributed by atoms with Crippen LogP contribution in [-0.2, 0) is 6.42 Å². The Hall–Kier alpha value is -1.52. The highest BCUT2D eigenvalue weighted by molar-refractivity contribution is 5.97. The highest BCUT2D eigenvalue weighted by Gasteiger charge is 2.18. The zero-order valence-electron chi connectivity index (χ0n) is 13.1. The smallest absolute Gasteiger partial charge is 0.274 e. The number of hydrogen-bond donors (Lipinski definition) is 3. The maximum absolute atomic E-state index is 12.1. The summed E-state index contributed by atoms with van der Waals surface area (Å²) in [6, 6.07) is 0.145. The van der Waals surface area contributed by atoms with E-state index in [1.165, 1.54) is 6.42 Å². The second-order valence-electron chi connectivity index (χ2n) is 5.91. The van der Waals surface area contributed by atoms with Crippen molar-refractivity contribution in [1.29, 1.82) is 0 Å². The van der Waals surface area contributed by atoms with Gasteiger partial charge in [0.05, 0.1) is 11.4 Å². The van der Waals surface area contributed by atoms with E-state index in [9.17, 15) is 4.79 Å². The van der Waals surface area contributed by atoms with Crippen LogP contribution in [0, 0.1) is 5.92 Å². The van der Waals surface area contributed by atoms with Crippen molar-refractivity contribution in [2.24, 2.45) is 5.92 Å². The molecule has 20 heavy (non-hydrogen) atoms. The van der Waals surface area contributed by atoms with Crippen LogP contribution in [0.5, 0.6) is 0 Å². The Labute approximate surface area is 121 Å². The maximum Gasteiger partial charge on any atom is 0.274 e. The molecular formula is C15H28N4O. The van der Waals surface area contributed by atoms with Crippen LogP contribution < -0.4 is 11.1 Å². The Kier molecular flexibility index (Phi) is 6.55. The molecular weight excluding hydrogens is 252 g/mol. The van der Waals surface area contributed by atoms with Crippen LogP contribution in [0.1, 0.15) is 69.6 Å². The van der Waals surface area contributed by atoms with E-state index in [0.29, 0.717) is 17.3 Å². The van der Waals surface area contributed by atoms with Gasteiger partial charge in [0.15, 0.2) is 5.69 Å². The molecule has 1 aromatic heterocycles. The largest absolute Gasteiger partial charge is 0.395 e. The fraction of sp³-hybridized carbons (Fsp3) is 0.733. The van der Waals surface area contributed by atoms with Gasteiger partial charge in [-0.15, -0.1) is 0 Å². The lowest BCUT2D eigenvalue weighted by Crippen LogP contribution is -2.33. The summed E-state index contributed by atoms with van der Waals surface area (Å²) < 4.78 is 0. The minimum Gasteiger partial charge on any atom is -0.395 e. The molecule has 1 rings (SSSR count). The first-order valence-corrected chi connectivity index (χ1v) is 7.59. The molecule has 1 atom stereocenters. The number of nitrogens with zero attached hydrogens (tertiary/aromatic N) is 1. The zero-order chi connectivity index (χ0) is 15.1. The number of carbonyl (C=O) groups is 1. The number of hydrogen-bond acceptors (Lipinski definition) is 3.